The van der Waals surface area contributed by atoms with Crippen LogP contribution in [0.4, 0.5) is 0 Å². The minimum Gasteiger partial charge on any atom is -0.493 e. The van der Waals surface area contributed by atoms with E-state index >= 15 is 0 Å². The Labute approximate surface area is 108 Å². The summed E-state index contributed by atoms with van der Waals surface area (Å²) in [6.45, 7) is 0.805. The van der Waals surface area contributed by atoms with Gasteiger partial charge in [0.15, 0.2) is 0 Å². The van der Waals surface area contributed by atoms with Gasteiger partial charge in [-0.1, -0.05) is 18.2 Å². The van der Waals surface area contributed by atoms with Crippen molar-refractivity contribution in [1.29, 1.82) is 0 Å². The van der Waals surface area contributed by atoms with Gasteiger partial charge in [-0.2, -0.15) is 0 Å². The van der Waals surface area contributed by atoms with Crippen LogP contribution in [0.1, 0.15) is 37.3 Å². The number of ether oxygens (including phenoxy) is 2. The molecule has 1 saturated carbocycles. The number of hydrogen-bond acceptors (Lipinski definition) is 3. The monoisotopic (exact) mass is 247 g/mol. The Morgan fingerprint density at radius 3 is 3.00 bits per heavy atom. The molecule has 1 aliphatic carbocycles. The van der Waals surface area contributed by atoms with Gasteiger partial charge in [0.05, 0.1) is 12.7 Å². The molecule has 0 bridgehead atoms. The molecule has 3 rings (SSSR count). The summed E-state index contributed by atoms with van der Waals surface area (Å²) in [7, 11) is 1.82. The van der Waals surface area contributed by atoms with Crippen LogP contribution in [0.2, 0.25) is 0 Å². The Morgan fingerprint density at radius 1 is 1.22 bits per heavy atom. The van der Waals surface area contributed by atoms with Crippen LogP contribution in [-0.4, -0.2) is 25.9 Å². The molecular weight excluding hydrogens is 226 g/mol. The maximum absolute atomic E-state index is 5.70. The molecule has 1 aromatic rings. The number of rotatable bonds is 3. The van der Waals surface area contributed by atoms with Crippen LogP contribution in [-0.2, 0) is 4.74 Å². The van der Waals surface area contributed by atoms with Crippen LogP contribution in [0.5, 0.6) is 5.75 Å². The molecule has 0 spiro atoms. The lowest BCUT2D eigenvalue weighted by molar-refractivity contribution is 0.0784. The van der Waals surface area contributed by atoms with E-state index in [0.29, 0.717) is 18.2 Å². The molecule has 1 N–H and O–H groups in total. The summed E-state index contributed by atoms with van der Waals surface area (Å²) in [6, 6.07) is 9.26. The van der Waals surface area contributed by atoms with Gasteiger partial charge in [-0.25, -0.2) is 0 Å². The molecule has 1 aliphatic heterocycles. The van der Waals surface area contributed by atoms with Crippen molar-refractivity contribution >= 4 is 0 Å². The van der Waals surface area contributed by atoms with Gasteiger partial charge in [0.2, 0.25) is 0 Å². The zero-order valence-electron chi connectivity index (χ0n) is 10.9. The fourth-order valence-corrected chi connectivity index (χ4v) is 3.17. The molecule has 0 amide bonds. The van der Waals surface area contributed by atoms with Crippen LogP contribution in [0.3, 0.4) is 0 Å². The lowest BCUT2D eigenvalue weighted by Gasteiger charge is -2.31. The Balaban J connectivity index is 1.74. The third-order valence-corrected chi connectivity index (χ3v) is 4.13. The largest absolute Gasteiger partial charge is 0.493 e. The van der Waals surface area contributed by atoms with Crippen molar-refractivity contribution in [3.63, 3.8) is 0 Å². The number of fused-ring (bicyclic) bond motifs is 1. The van der Waals surface area contributed by atoms with E-state index < -0.39 is 0 Å². The first kappa shape index (κ1) is 12.0. The molecule has 2 aliphatic rings. The number of methoxy groups -OCH3 is 1. The predicted octanol–water partition coefficient (Wildman–Crippen LogP) is 2.67. The number of nitrogens with one attached hydrogen (secondary N) is 1. The summed E-state index contributed by atoms with van der Waals surface area (Å²) >= 11 is 0. The van der Waals surface area contributed by atoms with Crippen LogP contribution in [0.25, 0.3) is 0 Å². The smallest absolute Gasteiger partial charge is 0.124 e. The van der Waals surface area contributed by atoms with E-state index in [1.54, 1.807) is 0 Å². The van der Waals surface area contributed by atoms with Crippen LogP contribution in [0.15, 0.2) is 24.3 Å². The summed E-state index contributed by atoms with van der Waals surface area (Å²) in [5.74, 6) is 1.04. The van der Waals surface area contributed by atoms with Crippen molar-refractivity contribution in [3.8, 4) is 5.75 Å². The van der Waals surface area contributed by atoms with Gasteiger partial charge in [-0.3, -0.25) is 0 Å². The third kappa shape index (κ3) is 2.25. The standard InChI is InChI=1S/C15H21NO2/c1-17-15-8-4-6-13(15)16-12-9-10-18-14-7-3-2-5-11(12)14/h2-3,5,7,12-13,15-16H,4,6,8-10H2,1H3. The zero-order valence-corrected chi connectivity index (χ0v) is 10.9. The van der Waals surface area contributed by atoms with Gasteiger partial charge in [-0.15, -0.1) is 0 Å². The van der Waals surface area contributed by atoms with E-state index in [-0.39, 0.29) is 0 Å². The zero-order chi connectivity index (χ0) is 12.4. The van der Waals surface area contributed by atoms with Crippen molar-refractivity contribution in [2.45, 2.75) is 43.9 Å². The third-order valence-electron chi connectivity index (χ3n) is 4.13. The lowest BCUT2D eigenvalue weighted by atomic mass is 9.99. The molecule has 18 heavy (non-hydrogen) atoms. The van der Waals surface area contributed by atoms with Crippen LogP contribution >= 0.6 is 0 Å². The summed E-state index contributed by atoms with van der Waals surface area (Å²) in [4.78, 5) is 0. The fraction of sp³-hybridized carbons (Fsp3) is 0.600. The first-order valence-corrected chi connectivity index (χ1v) is 6.89. The molecule has 1 aromatic carbocycles. The molecule has 1 heterocycles. The summed E-state index contributed by atoms with van der Waals surface area (Å²) in [5, 5.41) is 3.77. The Hall–Kier alpha value is -1.06. The van der Waals surface area contributed by atoms with E-state index in [9.17, 15) is 0 Å². The van der Waals surface area contributed by atoms with Gasteiger partial charge in [0, 0.05) is 31.2 Å². The summed E-state index contributed by atoms with van der Waals surface area (Å²) in [6.07, 6.45) is 5.09. The Morgan fingerprint density at radius 2 is 2.11 bits per heavy atom. The molecule has 98 valence electrons. The molecular formula is C15H21NO2. The Kier molecular flexibility index (Phi) is 3.52. The average molecular weight is 247 g/mol. The number of para-hydroxylation sites is 1. The topological polar surface area (TPSA) is 30.5 Å². The normalized spacial score (nSPS) is 30.8. The maximum atomic E-state index is 5.70. The van der Waals surface area contributed by atoms with Crippen LogP contribution < -0.4 is 10.1 Å². The molecule has 1 fully saturated rings. The van der Waals surface area contributed by atoms with E-state index in [1.807, 2.05) is 13.2 Å². The number of benzene rings is 1. The molecule has 3 heteroatoms. The van der Waals surface area contributed by atoms with E-state index in [2.05, 4.69) is 23.5 Å². The summed E-state index contributed by atoms with van der Waals surface area (Å²) in [5.41, 5.74) is 1.30. The lowest BCUT2D eigenvalue weighted by Crippen LogP contribution is -2.40. The predicted molar refractivity (Wildman–Crippen MR) is 70.9 cm³/mol. The van der Waals surface area contributed by atoms with Gasteiger partial charge in [-0.05, 0) is 25.3 Å². The van der Waals surface area contributed by atoms with Crippen molar-refractivity contribution in [2.24, 2.45) is 0 Å². The van der Waals surface area contributed by atoms with Crippen molar-refractivity contribution in [3.05, 3.63) is 29.8 Å². The molecule has 3 atom stereocenters. The molecule has 0 radical (unpaired) electrons. The highest BCUT2D eigenvalue weighted by molar-refractivity contribution is 5.37. The first-order chi connectivity index (χ1) is 8.88. The average Bonchev–Trinajstić information content (AvgIpc) is 2.86. The Bertz CT molecular complexity index is 407. The van der Waals surface area contributed by atoms with Crippen LogP contribution in [0, 0.1) is 0 Å². The minimum atomic E-state index is 0.375. The van der Waals surface area contributed by atoms with Crippen molar-refractivity contribution in [1.82, 2.24) is 5.32 Å². The molecule has 0 aromatic heterocycles. The van der Waals surface area contributed by atoms with Gasteiger partial charge in [0.25, 0.3) is 0 Å². The number of hydrogen-bond donors (Lipinski definition) is 1. The van der Waals surface area contributed by atoms with E-state index in [1.165, 1.54) is 24.8 Å². The van der Waals surface area contributed by atoms with E-state index in [4.69, 9.17) is 9.47 Å². The minimum absolute atomic E-state index is 0.375. The fourth-order valence-electron chi connectivity index (χ4n) is 3.17. The second-order valence-electron chi connectivity index (χ2n) is 5.21. The van der Waals surface area contributed by atoms with Crippen molar-refractivity contribution < 1.29 is 9.47 Å². The van der Waals surface area contributed by atoms with Gasteiger partial charge < -0.3 is 14.8 Å². The SMILES string of the molecule is COC1CCCC1NC1CCOc2ccccc21. The van der Waals surface area contributed by atoms with Crippen molar-refractivity contribution in [2.75, 3.05) is 13.7 Å². The van der Waals surface area contributed by atoms with E-state index in [0.717, 1.165) is 18.8 Å². The van der Waals surface area contributed by atoms with Gasteiger partial charge in [0.1, 0.15) is 5.75 Å². The molecule has 0 saturated heterocycles. The highest BCUT2D eigenvalue weighted by atomic mass is 16.5. The molecule has 3 unspecified atom stereocenters. The first-order valence-electron chi connectivity index (χ1n) is 6.89. The second kappa shape index (κ2) is 5.29. The van der Waals surface area contributed by atoms with Gasteiger partial charge >= 0.3 is 0 Å². The second-order valence-corrected chi connectivity index (χ2v) is 5.21. The highest BCUT2D eigenvalue weighted by Gasteiger charge is 2.31. The maximum Gasteiger partial charge on any atom is 0.124 e. The highest BCUT2D eigenvalue weighted by Crippen LogP contribution is 2.33. The molecule has 3 nitrogen and oxygen atoms in total. The summed E-state index contributed by atoms with van der Waals surface area (Å²) < 4.78 is 11.3. The quantitative estimate of drug-likeness (QED) is 0.890.